The Morgan fingerprint density at radius 2 is 2.11 bits per heavy atom. The lowest BCUT2D eigenvalue weighted by Crippen LogP contribution is -2.38. The van der Waals surface area contributed by atoms with Gasteiger partial charge in [0.25, 0.3) is 0 Å². The van der Waals surface area contributed by atoms with Crippen molar-refractivity contribution in [1.82, 2.24) is 5.32 Å². The van der Waals surface area contributed by atoms with Crippen LogP contribution >= 0.6 is 28.1 Å². The number of benzene rings is 1. The molecular weight excluding hydrogens is 326 g/mol. The average Bonchev–Trinajstić information content (AvgIpc) is 2.26. The fraction of sp³-hybridized carbons (Fsp3) is 0.364. The van der Waals surface area contributed by atoms with Crippen LogP contribution in [0, 0.1) is 11.6 Å². The normalized spacial score (nSPS) is 12.1. The van der Waals surface area contributed by atoms with E-state index in [4.69, 9.17) is 17.0 Å². The monoisotopic (exact) mass is 338 g/mol. The zero-order valence-electron chi connectivity index (χ0n) is 9.89. The smallest absolute Gasteiger partial charge is 0.171 e. The summed E-state index contributed by atoms with van der Waals surface area (Å²) in [5.41, 5.74) is 0.102. The van der Waals surface area contributed by atoms with Gasteiger partial charge in [-0.1, -0.05) is 0 Å². The molecule has 0 aliphatic heterocycles. The molecule has 0 bridgehead atoms. The number of thiocarbonyl (C=S) groups is 1. The number of hydrogen-bond acceptors (Lipinski definition) is 2. The number of methoxy groups -OCH3 is 1. The van der Waals surface area contributed by atoms with Crippen molar-refractivity contribution in [1.29, 1.82) is 0 Å². The number of nitrogens with one attached hydrogen (secondary N) is 2. The van der Waals surface area contributed by atoms with Gasteiger partial charge in [-0.3, -0.25) is 0 Å². The first-order chi connectivity index (χ1) is 8.43. The molecule has 7 heteroatoms. The molecule has 1 unspecified atom stereocenters. The minimum Gasteiger partial charge on any atom is -0.383 e. The van der Waals surface area contributed by atoms with Crippen LogP contribution in [0.1, 0.15) is 6.92 Å². The van der Waals surface area contributed by atoms with Crippen molar-refractivity contribution in [3.63, 3.8) is 0 Å². The Morgan fingerprint density at radius 1 is 1.44 bits per heavy atom. The van der Waals surface area contributed by atoms with Gasteiger partial charge in [0.15, 0.2) is 5.11 Å². The third-order valence-corrected chi connectivity index (χ3v) is 2.88. The third kappa shape index (κ3) is 4.47. The second-order valence-corrected chi connectivity index (χ2v) is 4.96. The lowest BCUT2D eigenvalue weighted by atomic mass is 10.3. The van der Waals surface area contributed by atoms with Crippen LogP contribution in [0.2, 0.25) is 0 Å². The molecule has 0 aromatic heterocycles. The molecule has 18 heavy (non-hydrogen) atoms. The third-order valence-electron chi connectivity index (χ3n) is 2.05. The van der Waals surface area contributed by atoms with Crippen LogP contribution in [0.3, 0.4) is 0 Å². The topological polar surface area (TPSA) is 33.3 Å². The molecule has 0 spiro atoms. The number of rotatable bonds is 4. The van der Waals surface area contributed by atoms with E-state index in [1.807, 2.05) is 6.92 Å². The summed E-state index contributed by atoms with van der Waals surface area (Å²) in [5.74, 6) is -1.37. The molecule has 0 amide bonds. The van der Waals surface area contributed by atoms with Gasteiger partial charge < -0.3 is 15.4 Å². The largest absolute Gasteiger partial charge is 0.383 e. The first-order valence-electron chi connectivity index (χ1n) is 5.15. The van der Waals surface area contributed by atoms with Crippen molar-refractivity contribution in [2.24, 2.45) is 0 Å². The average molecular weight is 339 g/mol. The molecule has 1 aromatic rings. The maximum Gasteiger partial charge on any atom is 0.171 e. The molecule has 0 fully saturated rings. The molecule has 3 nitrogen and oxygen atoms in total. The van der Waals surface area contributed by atoms with E-state index in [1.54, 1.807) is 7.11 Å². The minimum absolute atomic E-state index is 0.0121. The van der Waals surface area contributed by atoms with Crippen LogP contribution in [-0.4, -0.2) is 24.9 Å². The molecular formula is C11H13BrF2N2OS. The molecule has 100 valence electrons. The quantitative estimate of drug-likeness (QED) is 0.653. The predicted octanol–water partition coefficient (Wildman–Crippen LogP) is 3.05. The van der Waals surface area contributed by atoms with Crippen LogP contribution in [0.4, 0.5) is 14.5 Å². The summed E-state index contributed by atoms with van der Waals surface area (Å²) in [6.45, 7) is 2.34. The summed E-state index contributed by atoms with van der Waals surface area (Å²) in [7, 11) is 1.57. The Balaban J connectivity index is 2.67. The van der Waals surface area contributed by atoms with Gasteiger partial charge in [-0.25, -0.2) is 8.78 Å². The first kappa shape index (κ1) is 15.3. The fourth-order valence-electron chi connectivity index (χ4n) is 1.29. The van der Waals surface area contributed by atoms with Gasteiger partial charge in [-0.2, -0.15) is 0 Å². The van der Waals surface area contributed by atoms with E-state index in [0.717, 1.165) is 6.07 Å². The summed E-state index contributed by atoms with van der Waals surface area (Å²) >= 11 is 7.99. The standard InChI is InChI=1S/C11H13BrF2N2OS/c1-6(5-17-2)15-11(18)16-10-3-7(12)8(13)4-9(10)14/h3-4,6H,5H2,1-2H3,(H2,15,16,18). The van der Waals surface area contributed by atoms with E-state index >= 15 is 0 Å². The summed E-state index contributed by atoms with van der Waals surface area (Å²) in [4.78, 5) is 0. The van der Waals surface area contributed by atoms with Crippen LogP contribution in [0.25, 0.3) is 0 Å². The van der Waals surface area contributed by atoms with Gasteiger partial charge in [0.05, 0.1) is 16.8 Å². The molecule has 1 atom stereocenters. The zero-order chi connectivity index (χ0) is 13.7. The van der Waals surface area contributed by atoms with E-state index < -0.39 is 11.6 Å². The van der Waals surface area contributed by atoms with E-state index in [0.29, 0.717) is 6.61 Å². The number of anilines is 1. The van der Waals surface area contributed by atoms with Crippen LogP contribution in [0.5, 0.6) is 0 Å². The fourth-order valence-corrected chi connectivity index (χ4v) is 1.95. The first-order valence-corrected chi connectivity index (χ1v) is 6.35. The van der Waals surface area contributed by atoms with Crippen molar-refractivity contribution in [3.8, 4) is 0 Å². The van der Waals surface area contributed by atoms with Gasteiger partial charge in [0.1, 0.15) is 11.6 Å². The van der Waals surface area contributed by atoms with E-state index in [1.165, 1.54) is 6.07 Å². The minimum atomic E-state index is -0.709. The highest BCUT2D eigenvalue weighted by Gasteiger charge is 2.10. The molecule has 0 aliphatic rings. The van der Waals surface area contributed by atoms with Gasteiger partial charge in [-0.05, 0) is 41.1 Å². The van der Waals surface area contributed by atoms with E-state index in [2.05, 4.69) is 26.6 Å². The number of halogens is 3. The molecule has 1 rings (SSSR count). The summed E-state index contributed by atoms with van der Waals surface area (Å²) in [6.07, 6.45) is 0. The number of hydrogen-bond donors (Lipinski definition) is 2. The van der Waals surface area contributed by atoms with E-state index in [-0.39, 0.29) is 21.3 Å². The van der Waals surface area contributed by atoms with Crippen molar-refractivity contribution in [3.05, 3.63) is 28.2 Å². The maximum atomic E-state index is 13.4. The highest BCUT2D eigenvalue weighted by Crippen LogP contribution is 2.23. The number of ether oxygens (including phenoxy) is 1. The Bertz CT molecular complexity index is 445. The maximum absolute atomic E-state index is 13.4. The van der Waals surface area contributed by atoms with Crippen LogP contribution in [0.15, 0.2) is 16.6 Å². The zero-order valence-corrected chi connectivity index (χ0v) is 12.3. The molecule has 1 aromatic carbocycles. The second-order valence-electron chi connectivity index (χ2n) is 3.70. The van der Waals surface area contributed by atoms with Gasteiger partial charge in [-0.15, -0.1) is 0 Å². The van der Waals surface area contributed by atoms with E-state index in [9.17, 15) is 8.78 Å². The lowest BCUT2D eigenvalue weighted by Gasteiger charge is -2.16. The Labute approximate surface area is 118 Å². The molecule has 0 aliphatic carbocycles. The van der Waals surface area contributed by atoms with Gasteiger partial charge in [0.2, 0.25) is 0 Å². The summed E-state index contributed by atoms with van der Waals surface area (Å²) in [6, 6.07) is 2.06. The van der Waals surface area contributed by atoms with Crippen molar-refractivity contribution in [2.45, 2.75) is 13.0 Å². The highest BCUT2D eigenvalue weighted by molar-refractivity contribution is 9.10. The van der Waals surface area contributed by atoms with Crippen molar-refractivity contribution in [2.75, 3.05) is 19.0 Å². The molecule has 2 N–H and O–H groups in total. The lowest BCUT2D eigenvalue weighted by molar-refractivity contribution is 0.179. The second kappa shape index (κ2) is 6.96. The Hall–Kier alpha value is -0.790. The van der Waals surface area contributed by atoms with Crippen molar-refractivity contribution >= 4 is 38.9 Å². The summed E-state index contributed by atoms with van der Waals surface area (Å²) < 4.78 is 31.6. The Kier molecular flexibility index (Phi) is 5.90. The highest BCUT2D eigenvalue weighted by atomic mass is 79.9. The molecule has 0 radical (unpaired) electrons. The SMILES string of the molecule is COCC(C)NC(=S)Nc1cc(Br)c(F)cc1F. The van der Waals surface area contributed by atoms with Gasteiger partial charge in [0, 0.05) is 19.2 Å². The molecule has 0 heterocycles. The van der Waals surface area contributed by atoms with Crippen LogP contribution < -0.4 is 10.6 Å². The van der Waals surface area contributed by atoms with Crippen molar-refractivity contribution < 1.29 is 13.5 Å². The Morgan fingerprint density at radius 3 is 2.72 bits per heavy atom. The summed E-state index contributed by atoms with van der Waals surface area (Å²) in [5, 5.41) is 5.82. The van der Waals surface area contributed by atoms with Gasteiger partial charge >= 0.3 is 0 Å². The molecule has 0 saturated carbocycles. The van der Waals surface area contributed by atoms with Crippen LogP contribution in [-0.2, 0) is 4.74 Å². The predicted molar refractivity (Wildman–Crippen MR) is 74.8 cm³/mol. The molecule has 0 saturated heterocycles.